The Bertz CT molecular complexity index is 234. The molecule has 0 rings (SSSR count). The van der Waals surface area contributed by atoms with Crippen LogP contribution in [0, 0.1) is 5.92 Å². The van der Waals surface area contributed by atoms with Crippen LogP contribution in [0.2, 0.25) is 0 Å². The highest BCUT2D eigenvalue weighted by atomic mass is 16.1. The highest BCUT2D eigenvalue weighted by Crippen LogP contribution is 2.15. The molecule has 4 heteroatoms. The number of carbonyl (C=O) groups excluding carboxylic acids is 1. The number of nitrogens with zero attached hydrogens (tertiary/aromatic N) is 1. The van der Waals surface area contributed by atoms with Crippen molar-refractivity contribution in [3.8, 4) is 0 Å². The summed E-state index contributed by atoms with van der Waals surface area (Å²) in [6, 6.07) is 0. The molecule has 1 amide bonds. The van der Waals surface area contributed by atoms with Crippen LogP contribution in [0.1, 0.15) is 47.5 Å². The molecule has 0 spiro atoms. The van der Waals surface area contributed by atoms with Gasteiger partial charge < -0.3 is 11.1 Å². The number of hydrogen-bond donors (Lipinski definition) is 2. The van der Waals surface area contributed by atoms with Crippen molar-refractivity contribution >= 4 is 5.91 Å². The van der Waals surface area contributed by atoms with Crippen molar-refractivity contribution in [3.05, 3.63) is 0 Å². The van der Waals surface area contributed by atoms with Crippen molar-refractivity contribution in [3.63, 3.8) is 0 Å². The fraction of sp³-hybridized carbons (Fsp3) is 0.929. The minimum Gasteiger partial charge on any atom is -0.355 e. The molecule has 0 unspecified atom stereocenters. The fourth-order valence-electron chi connectivity index (χ4n) is 1.73. The Hall–Kier alpha value is -0.610. The second kappa shape index (κ2) is 8.48. The topological polar surface area (TPSA) is 58.4 Å². The van der Waals surface area contributed by atoms with Gasteiger partial charge in [-0.2, -0.15) is 0 Å². The zero-order valence-corrected chi connectivity index (χ0v) is 12.8. The molecule has 0 heterocycles. The molecule has 0 saturated carbocycles. The number of hydrogen-bond acceptors (Lipinski definition) is 3. The van der Waals surface area contributed by atoms with E-state index in [9.17, 15) is 4.79 Å². The van der Waals surface area contributed by atoms with Gasteiger partial charge in [-0.25, -0.2) is 0 Å². The maximum absolute atomic E-state index is 11.6. The second-order valence-corrected chi connectivity index (χ2v) is 6.23. The lowest BCUT2D eigenvalue weighted by molar-refractivity contribution is -0.121. The average Bonchev–Trinajstić information content (AvgIpc) is 2.23. The summed E-state index contributed by atoms with van der Waals surface area (Å²) in [6.45, 7) is 14.0. The fourth-order valence-corrected chi connectivity index (χ4v) is 1.73. The highest BCUT2D eigenvalue weighted by Gasteiger charge is 2.21. The van der Waals surface area contributed by atoms with Crippen LogP contribution in [0.5, 0.6) is 0 Å². The Kier molecular flexibility index (Phi) is 8.20. The molecule has 0 fully saturated rings. The Balaban J connectivity index is 4.13. The molecule has 4 nitrogen and oxygen atoms in total. The summed E-state index contributed by atoms with van der Waals surface area (Å²) < 4.78 is 0. The third-order valence-corrected chi connectivity index (χ3v) is 3.00. The summed E-state index contributed by atoms with van der Waals surface area (Å²) in [5, 5.41) is 2.81. The molecule has 108 valence electrons. The quantitative estimate of drug-likeness (QED) is 0.694. The molecule has 0 aromatic rings. The summed E-state index contributed by atoms with van der Waals surface area (Å²) in [7, 11) is 0. The molecule has 0 atom stereocenters. The first kappa shape index (κ1) is 17.4. The number of amides is 1. The van der Waals surface area contributed by atoms with Gasteiger partial charge in [0.15, 0.2) is 0 Å². The van der Waals surface area contributed by atoms with Crippen LogP contribution < -0.4 is 11.1 Å². The first-order valence-electron chi connectivity index (χ1n) is 6.99. The van der Waals surface area contributed by atoms with E-state index in [0.717, 1.165) is 13.1 Å². The summed E-state index contributed by atoms with van der Waals surface area (Å²) in [5.74, 6) is 0.792. The van der Waals surface area contributed by atoms with Crippen molar-refractivity contribution in [1.29, 1.82) is 0 Å². The molecular formula is C14H31N3O. The maximum Gasteiger partial charge on any atom is 0.221 e. The van der Waals surface area contributed by atoms with E-state index in [4.69, 9.17) is 5.73 Å². The van der Waals surface area contributed by atoms with Gasteiger partial charge in [-0.15, -0.1) is 0 Å². The standard InChI is InChI=1S/C14H31N3O/c1-12(2)6-10-17(14(3,4)5)11-7-13(18)16-9-8-15/h12H,6-11,15H2,1-5H3,(H,16,18). The van der Waals surface area contributed by atoms with E-state index in [1.54, 1.807) is 0 Å². The molecule has 18 heavy (non-hydrogen) atoms. The minimum atomic E-state index is 0.0965. The smallest absolute Gasteiger partial charge is 0.221 e. The summed E-state index contributed by atoms with van der Waals surface area (Å²) in [5.41, 5.74) is 5.47. The zero-order chi connectivity index (χ0) is 14.2. The van der Waals surface area contributed by atoms with Gasteiger partial charge in [-0.3, -0.25) is 9.69 Å². The van der Waals surface area contributed by atoms with Gasteiger partial charge >= 0.3 is 0 Å². The molecule has 3 N–H and O–H groups in total. The number of rotatable bonds is 8. The van der Waals surface area contributed by atoms with Crippen molar-refractivity contribution in [1.82, 2.24) is 10.2 Å². The van der Waals surface area contributed by atoms with Crippen LogP contribution in [-0.2, 0) is 4.79 Å². The molecule has 0 aromatic carbocycles. The lowest BCUT2D eigenvalue weighted by Gasteiger charge is -2.36. The highest BCUT2D eigenvalue weighted by molar-refractivity contribution is 5.76. The van der Waals surface area contributed by atoms with E-state index < -0.39 is 0 Å². The van der Waals surface area contributed by atoms with E-state index in [0.29, 0.717) is 25.4 Å². The summed E-state index contributed by atoms with van der Waals surface area (Å²) in [4.78, 5) is 14.0. The van der Waals surface area contributed by atoms with Crippen LogP contribution in [0.25, 0.3) is 0 Å². The van der Waals surface area contributed by atoms with E-state index in [2.05, 4.69) is 44.8 Å². The normalized spacial score (nSPS) is 12.2. The van der Waals surface area contributed by atoms with Crippen LogP contribution in [0.4, 0.5) is 0 Å². The largest absolute Gasteiger partial charge is 0.355 e. The van der Waals surface area contributed by atoms with Crippen molar-refractivity contribution < 1.29 is 4.79 Å². The molecule has 0 saturated heterocycles. The minimum absolute atomic E-state index is 0.0965. The van der Waals surface area contributed by atoms with Crippen LogP contribution in [-0.4, -0.2) is 42.5 Å². The predicted molar refractivity (Wildman–Crippen MR) is 77.5 cm³/mol. The number of nitrogens with two attached hydrogens (primary N) is 1. The molecule has 0 aromatic heterocycles. The lowest BCUT2D eigenvalue weighted by Crippen LogP contribution is -2.44. The Morgan fingerprint density at radius 2 is 1.89 bits per heavy atom. The van der Waals surface area contributed by atoms with E-state index in [-0.39, 0.29) is 11.4 Å². The first-order valence-corrected chi connectivity index (χ1v) is 6.99. The Labute approximate surface area is 112 Å². The Morgan fingerprint density at radius 3 is 2.33 bits per heavy atom. The van der Waals surface area contributed by atoms with Gasteiger partial charge in [0.25, 0.3) is 0 Å². The van der Waals surface area contributed by atoms with E-state index >= 15 is 0 Å². The predicted octanol–water partition coefficient (Wildman–Crippen LogP) is 1.60. The first-order chi connectivity index (χ1) is 8.27. The SMILES string of the molecule is CC(C)CCN(CCC(=O)NCCN)C(C)(C)C. The van der Waals surface area contributed by atoms with E-state index in [1.165, 1.54) is 6.42 Å². The third kappa shape index (κ3) is 8.48. The molecule has 0 radical (unpaired) electrons. The van der Waals surface area contributed by atoms with Crippen LogP contribution in [0.3, 0.4) is 0 Å². The van der Waals surface area contributed by atoms with Gasteiger partial charge in [0, 0.05) is 31.6 Å². The van der Waals surface area contributed by atoms with Crippen molar-refractivity contribution in [2.24, 2.45) is 11.7 Å². The summed E-state index contributed by atoms with van der Waals surface area (Å²) in [6.07, 6.45) is 1.72. The molecule has 0 bridgehead atoms. The van der Waals surface area contributed by atoms with Gasteiger partial charge in [0.1, 0.15) is 0 Å². The summed E-state index contributed by atoms with van der Waals surface area (Å²) >= 11 is 0. The van der Waals surface area contributed by atoms with Gasteiger partial charge in [0.05, 0.1) is 0 Å². The van der Waals surface area contributed by atoms with Crippen molar-refractivity contribution in [2.75, 3.05) is 26.2 Å². The van der Waals surface area contributed by atoms with Gasteiger partial charge in [0.2, 0.25) is 5.91 Å². The van der Waals surface area contributed by atoms with Crippen LogP contribution >= 0.6 is 0 Å². The number of nitrogens with one attached hydrogen (secondary N) is 1. The third-order valence-electron chi connectivity index (χ3n) is 3.00. The lowest BCUT2D eigenvalue weighted by atomic mass is 10.0. The van der Waals surface area contributed by atoms with E-state index in [1.807, 2.05) is 0 Å². The molecule has 0 aliphatic carbocycles. The average molecular weight is 257 g/mol. The number of carbonyl (C=O) groups is 1. The molecule has 0 aliphatic rings. The monoisotopic (exact) mass is 257 g/mol. The molecule has 0 aliphatic heterocycles. The molecular weight excluding hydrogens is 226 g/mol. The maximum atomic E-state index is 11.6. The van der Waals surface area contributed by atoms with Gasteiger partial charge in [-0.1, -0.05) is 13.8 Å². The van der Waals surface area contributed by atoms with Crippen molar-refractivity contribution in [2.45, 2.75) is 53.0 Å². The second-order valence-electron chi connectivity index (χ2n) is 6.23. The zero-order valence-electron chi connectivity index (χ0n) is 12.8. The van der Waals surface area contributed by atoms with Crippen LogP contribution in [0.15, 0.2) is 0 Å². The Morgan fingerprint density at radius 1 is 1.28 bits per heavy atom. The van der Waals surface area contributed by atoms with Gasteiger partial charge in [-0.05, 0) is 39.7 Å².